The molecule has 102 valence electrons. The van der Waals surface area contributed by atoms with E-state index in [-0.39, 0.29) is 41.5 Å². The van der Waals surface area contributed by atoms with Crippen molar-refractivity contribution in [2.24, 2.45) is 0 Å². The van der Waals surface area contributed by atoms with Gasteiger partial charge in [0.15, 0.2) is 5.78 Å². The molecule has 0 aliphatic rings. The zero-order chi connectivity index (χ0) is 14.4. The van der Waals surface area contributed by atoms with Crippen molar-refractivity contribution in [1.82, 2.24) is 0 Å². The van der Waals surface area contributed by atoms with Crippen LogP contribution in [0.5, 0.6) is 0 Å². The summed E-state index contributed by atoms with van der Waals surface area (Å²) >= 11 is 5.40. The van der Waals surface area contributed by atoms with Crippen LogP contribution in [0, 0.1) is 10.1 Å². The van der Waals surface area contributed by atoms with Crippen molar-refractivity contribution in [3.8, 4) is 0 Å². The van der Waals surface area contributed by atoms with Gasteiger partial charge in [-0.1, -0.05) is 12.1 Å². The van der Waals surface area contributed by atoms with Crippen molar-refractivity contribution in [2.45, 2.75) is 13.3 Å². The lowest BCUT2D eigenvalue weighted by Gasteiger charge is -2.08. The van der Waals surface area contributed by atoms with Crippen LogP contribution in [0.1, 0.15) is 22.8 Å². The van der Waals surface area contributed by atoms with Crippen molar-refractivity contribution in [1.29, 1.82) is 0 Å². The van der Waals surface area contributed by atoms with Crippen molar-refractivity contribution in [2.75, 3.05) is 12.5 Å². The van der Waals surface area contributed by atoms with E-state index in [1.54, 1.807) is 6.92 Å². The number of alkyl halides is 1. The van der Waals surface area contributed by atoms with Crippen molar-refractivity contribution < 1.29 is 19.2 Å². The number of halogens is 1. The number of nitrogens with zero attached hydrogens (tertiary/aromatic N) is 1. The highest BCUT2D eigenvalue weighted by Crippen LogP contribution is 2.24. The Morgan fingerprint density at radius 2 is 2.11 bits per heavy atom. The summed E-state index contributed by atoms with van der Waals surface area (Å²) in [7, 11) is 0. The van der Waals surface area contributed by atoms with Gasteiger partial charge in [0.05, 0.1) is 17.4 Å². The van der Waals surface area contributed by atoms with Crippen LogP contribution in [0.3, 0.4) is 0 Å². The molecule has 1 aromatic rings. The third-order valence-corrected chi connectivity index (χ3v) is 2.64. The van der Waals surface area contributed by atoms with Crippen LogP contribution < -0.4 is 0 Å². The fraction of sp³-hybridized carbons (Fsp3) is 0.333. The number of rotatable bonds is 6. The normalized spacial score (nSPS) is 10.0. The molecule has 0 radical (unpaired) electrons. The Balaban J connectivity index is 3.29. The average Bonchev–Trinajstić information content (AvgIpc) is 2.38. The predicted molar refractivity (Wildman–Crippen MR) is 68.5 cm³/mol. The van der Waals surface area contributed by atoms with Gasteiger partial charge in [0.25, 0.3) is 5.69 Å². The van der Waals surface area contributed by atoms with E-state index in [0.717, 1.165) is 0 Å². The molecule has 0 N–H and O–H groups in total. The largest absolute Gasteiger partial charge is 0.462 e. The van der Waals surface area contributed by atoms with Crippen molar-refractivity contribution in [3.63, 3.8) is 0 Å². The third-order valence-electron chi connectivity index (χ3n) is 2.34. The Hall–Kier alpha value is -1.95. The number of benzene rings is 1. The second-order valence-electron chi connectivity index (χ2n) is 3.64. The van der Waals surface area contributed by atoms with Crippen LogP contribution in [0.2, 0.25) is 0 Å². The Bertz CT molecular complexity index is 515. The maximum Gasteiger partial charge on any atom is 0.345 e. The molecule has 0 fully saturated rings. The third kappa shape index (κ3) is 3.75. The topological polar surface area (TPSA) is 86.5 Å². The Labute approximate surface area is 114 Å². The molecule has 0 aliphatic carbocycles. The lowest BCUT2D eigenvalue weighted by atomic mass is 10.0. The standard InChI is InChI=1S/C12H12ClNO5/c1-2-19-12(16)11-8(6-9(15)7-13)4-3-5-10(11)14(17)18/h3-5H,2,6-7H2,1H3. The highest BCUT2D eigenvalue weighted by atomic mass is 35.5. The molecule has 0 aromatic heterocycles. The molecular formula is C12H12ClNO5. The fourth-order valence-electron chi connectivity index (χ4n) is 1.58. The minimum Gasteiger partial charge on any atom is -0.462 e. The highest BCUT2D eigenvalue weighted by molar-refractivity contribution is 6.27. The van der Waals surface area contributed by atoms with Gasteiger partial charge < -0.3 is 4.74 Å². The van der Waals surface area contributed by atoms with Crippen LogP contribution >= 0.6 is 11.6 Å². The molecule has 0 saturated heterocycles. The zero-order valence-electron chi connectivity index (χ0n) is 10.2. The van der Waals surface area contributed by atoms with Crippen LogP contribution in [-0.4, -0.2) is 29.2 Å². The summed E-state index contributed by atoms with van der Waals surface area (Å²) in [5.41, 5.74) is -0.315. The van der Waals surface area contributed by atoms with Crippen molar-refractivity contribution >= 4 is 29.0 Å². The second-order valence-corrected chi connectivity index (χ2v) is 3.91. The first-order chi connectivity index (χ1) is 9.01. The van der Waals surface area contributed by atoms with Gasteiger partial charge in [-0.3, -0.25) is 14.9 Å². The van der Waals surface area contributed by atoms with Gasteiger partial charge in [-0.05, 0) is 12.5 Å². The number of hydrogen-bond acceptors (Lipinski definition) is 5. The number of hydrogen-bond donors (Lipinski definition) is 0. The molecular weight excluding hydrogens is 274 g/mol. The van der Waals surface area contributed by atoms with Gasteiger partial charge in [-0.25, -0.2) is 4.79 Å². The second kappa shape index (κ2) is 6.84. The summed E-state index contributed by atoms with van der Waals surface area (Å²) in [6.45, 7) is 1.68. The Morgan fingerprint density at radius 3 is 2.63 bits per heavy atom. The van der Waals surface area contributed by atoms with Crippen molar-refractivity contribution in [3.05, 3.63) is 39.4 Å². The summed E-state index contributed by atoms with van der Waals surface area (Å²) in [5, 5.41) is 10.9. The summed E-state index contributed by atoms with van der Waals surface area (Å²) < 4.78 is 4.79. The number of Topliss-reactive ketones (excluding diaryl/α,β-unsaturated/α-hetero) is 1. The minimum absolute atomic E-state index is 0.0910. The first kappa shape index (κ1) is 15.1. The number of nitro groups is 1. The predicted octanol–water partition coefficient (Wildman–Crippen LogP) is 2.12. The Kier molecular flexibility index (Phi) is 5.44. The summed E-state index contributed by atoms with van der Waals surface area (Å²) in [6.07, 6.45) is -0.140. The maximum atomic E-state index is 11.8. The van der Waals surface area contributed by atoms with Gasteiger partial charge >= 0.3 is 5.97 Å². The van der Waals surface area contributed by atoms with E-state index in [4.69, 9.17) is 16.3 Å². The van der Waals surface area contributed by atoms with Crippen LogP contribution in [0.15, 0.2) is 18.2 Å². The zero-order valence-corrected chi connectivity index (χ0v) is 11.0. The van der Waals surface area contributed by atoms with Crippen LogP contribution in [-0.2, 0) is 16.0 Å². The molecule has 6 nitrogen and oxygen atoms in total. The van der Waals surface area contributed by atoms with E-state index >= 15 is 0 Å². The molecule has 0 aliphatic heterocycles. The van der Waals surface area contributed by atoms with Gasteiger partial charge in [0.1, 0.15) is 5.56 Å². The molecule has 7 heteroatoms. The van der Waals surface area contributed by atoms with E-state index in [1.165, 1.54) is 18.2 Å². The molecule has 0 saturated carbocycles. The molecule has 0 bridgehead atoms. The smallest absolute Gasteiger partial charge is 0.345 e. The van der Waals surface area contributed by atoms with E-state index in [2.05, 4.69) is 0 Å². The molecule has 0 atom stereocenters. The van der Waals surface area contributed by atoms with Gasteiger partial charge in [0, 0.05) is 12.5 Å². The lowest BCUT2D eigenvalue weighted by Crippen LogP contribution is -2.14. The van der Waals surface area contributed by atoms with E-state index in [0.29, 0.717) is 0 Å². The number of ether oxygens (including phenoxy) is 1. The maximum absolute atomic E-state index is 11.8. The van der Waals surface area contributed by atoms with Gasteiger partial charge in [0.2, 0.25) is 0 Å². The minimum atomic E-state index is -0.813. The van der Waals surface area contributed by atoms with E-state index in [9.17, 15) is 19.7 Å². The quantitative estimate of drug-likeness (QED) is 0.346. The van der Waals surface area contributed by atoms with Crippen LogP contribution in [0.4, 0.5) is 5.69 Å². The first-order valence-electron chi connectivity index (χ1n) is 5.52. The highest BCUT2D eigenvalue weighted by Gasteiger charge is 2.25. The molecule has 1 aromatic carbocycles. The van der Waals surface area contributed by atoms with Crippen LogP contribution in [0.25, 0.3) is 0 Å². The molecule has 0 amide bonds. The number of nitro benzene ring substituents is 1. The fourth-order valence-corrected chi connectivity index (χ4v) is 1.68. The summed E-state index contributed by atoms with van der Waals surface area (Å²) in [4.78, 5) is 33.4. The number of esters is 1. The number of ketones is 1. The number of carbonyl (C=O) groups is 2. The average molecular weight is 286 g/mol. The molecule has 19 heavy (non-hydrogen) atoms. The molecule has 1 rings (SSSR count). The lowest BCUT2D eigenvalue weighted by molar-refractivity contribution is -0.385. The monoisotopic (exact) mass is 285 g/mol. The SMILES string of the molecule is CCOC(=O)c1c(CC(=O)CCl)cccc1[N+](=O)[O-]. The summed E-state index contributed by atoms with van der Waals surface area (Å²) in [5.74, 6) is -1.36. The number of carbonyl (C=O) groups excluding carboxylic acids is 2. The first-order valence-corrected chi connectivity index (χ1v) is 6.05. The molecule has 0 unspecified atom stereocenters. The van der Waals surface area contributed by atoms with Gasteiger partial charge in [-0.15, -0.1) is 11.6 Å². The van der Waals surface area contributed by atoms with E-state index < -0.39 is 10.9 Å². The Morgan fingerprint density at radius 1 is 1.42 bits per heavy atom. The van der Waals surface area contributed by atoms with E-state index in [1.807, 2.05) is 0 Å². The molecule has 0 heterocycles. The van der Waals surface area contributed by atoms with Gasteiger partial charge in [-0.2, -0.15) is 0 Å². The summed E-state index contributed by atoms with van der Waals surface area (Å²) in [6, 6.07) is 4.09. The molecule has 0 spiro atoms.